The average molecular weight is 481 g/mol. The minimum Gasteiger partial charge on any atom is -0.508 e. The molecule has 0 spiro atoms. The Balaban J connectivity index is 1.63. The summed E-state index contributed by atoms with van der Waals surface area (Å²) in [4.78, 5) is 0. The predicted octanol–water partition coefficient (Wildman–Crippen LogP) is 5.90. The quantitative estimate of drug-likeness (QED) is 0.233. The lowest BCUT2D eigenvalue weighted by Crippen LogP contribution is -2.10. The molecule has 36 heavy (non-hydrogen) atoms. The highest BCUT2D eigenvalue weighted by molar-refractivity contribution is 5.68. The molecule has 0 saturated carbocycles. The molecule has 0 saturated heterocycles. The normalized spacial score (nSPS) is 21.4. The minimum absolute atomic E-state index is 0.00815. The maximum atomic E-state index is 11.1. The van der Waals surface area contributed by atoms with Gasteiger partial charge in [-0.15, -0.1) is 0 Å². The van der Waals surface area contributed by atoms with Gasteiger partial charge in [-0.2, -0.15) is 0 Å². The van der Waals surface area contributed by atoms with E-state index in [1.165, 1.54) is 18.4 Å². The number of benzene rings is 4. The first-order valence-corrected chi connectivity index (χ1v) is 11.7. The van der Waals surface area contributed by atoms with Gasteiger partial charge in [-0.1, -0.05) is 30.8 Å². The van der Waals surface area contributed by atoms with E-state index in [1.54, 1.807) is 24.3 Å². The van der Waals surface area contributed by atoms with E-state index in [2.05, 4.69) is 6.58 Å². The Bertz CT molecular complexity index is 1490. The lowest BCUT2D eigenvalue weighted by atomic mass is 9.79. The van der Waals surface area contributed by atoms with E-state index >= 15 is 0 Å². The number of hydrogen-bond acceptors (Lipinski definition) is 6. The zero-order chi connectivity index (χ0) is 25.1. The van der Waals surface area contributed by atoms with Crippen molar-refractivity contribution in [3.05, 3.63) is 119 Å². The molecule has 6 heteroatoms. The lowest BCUT2D eigenvalue weighted by Gasteiger charge is -2.23. The molecule has 0 aliphatic heterocycles. The van der Waals surface area contributed by atoms with E-state index in [-0.39, 0.29) is 52.4 Å². The molecular formula is C30H24O6. The number of phenolic OH excluding ortho intramolecular Hbond substituents is 5. The van der Waals surface area contributed by atoms with Crippen LogP contribution in [0.1, 0.15) is 57.1 Å². The number of hydrogen-bond donors (Lipinski definition) is 5. The molecule has 4 aromatic rings. The van der Waals surface area contributed by atoms with Gasteiger partial charge in [-0.05, 0) is 58.7 Å². The summed E-state index contributed by atoms with van der Waals surface area (Å²) >= 11 is 0. The topological polar surface area (TPSA) is 110 Å². The summed E-state index contributed by atoms with van der Waals surface area (Å²) in [6, 6.07) is 20.4. The third-order valence-electron chi connectivity index (χ3n) is 7.51. The zero-order valence-corrected chi connectivity index (χ0v) is 19.2. The fourth-order valence-electron chi connectivity index (χ4n) is 6.32. The van der Waals surface area contributed by atoms with Gasteiger partial charge in [0.2, 0.25) is 0 Å². The summed E-state index contributed by atoms with van der Waals surface area (Å²) in [5, 5.41) is 52.9. The highest BCUT2D eigenvalue weighted by atomic mass is 16.5. The van der Waals surface area contributed by atoms with Gasteiger partial charge in [-0.3, -0.25) is 0 Å². The second-order valence-electron chi connectivity index (χ2n) is 9.39. The summed E-state index contributed by atoms with van der Waals surface area (Å²) < 4.78 is 5.39. The smallest absolute Gasteiger partial charge is 0.126 e. The fourth-order valence-corrected chi connectivity index (χ4v) is 6.32. The van der Waals surface area contributed by atoms with E-state index in [9.17, 15) is 25.5 Å². The van der Waals surface area contributed by atoms with Crippen LogP contribution >= 0.6 is 0 Å². The van der Waals surface area contributed by atoms with Gasteiger partial charge in [0.15, 0.2) is 0 Å². The van der Waals surface area contributed by atoms with Crippen molar-refractivity contribution in [2.45, 2.75) is 23.7 Å². The van der Waals surface area contributed by atoms with Crippen molar-refractivity contribution >= 4 is 0 Å². The van der Waals surface area contributed by atoms with Crippen LogP contribution in [0, 0.1) is 0 Å². The molecule has 6 rings (SSSR count). The largest absolute Gasteiger partial charge is 0.508 e. The molecule has 0 amide bonds. The van der Waals surface area contributed by atoms with E-state index in [4.69, 9.17) is 4.74 Å². The first kappa shape index (κ1) is 21.9. The van der Waals surface area contributed by atoms with E-state index in [0.717, 1.165) is 22.3 Å². The molecule has 5 N–H and O–H groups in total. The van der Waals surface area contributed by atoms with Gasteiger partial charge in [0.1, 0.15) is 34.5 Å². The average Bonchev–Trinajstić information content (AvgIpc) is 3.34. The van der Waals surface area contributed by atoms with Gasteiger partial charge in [0, 0.05) is 46.9 Å². The summed E-state index contributed by atoms with van der Waals surface area (Å²) in [6.45, 7) is 3.59. The molecule has 2 aliphatic rings. The standard InChI is InChI=1S/C30H24O6/c1-2-36-20-9-5-16(6-10-20)26-28-22(12-19(33)14-24(28)35)29-25(15-3-7-17(31)8-4-15)27-21(30(26)29)11-18(32)13-23(27)34/h2-14,25-26,29-35H,1H2/t25-,26-,29+,30?/m1/s1. The van der Waals surface area contributed by atoms with Crippen molar-refractivity contribution < 1.29 is 30.3 Å². The van der Waals surface area contributed by atoms with Gasteiger partial charge >= 0.3 is 0 Å². The Kier molecular flexibility index (Phi) is 4.86. The van der Waals surface area contributed by atoms with Crippen molar-refractivity contribution in [2.75, 3.05) is 0 Å². The Morgan fingerprint density at radius 3 is 1.47 bits per heavy atom. The number of ether oxygens (including phenoxy) is 1. The molecule has 6 nitrogen and oxygen atoms in total. The summed E-state index contributed by atoms with van der Waals surface area (Å²) in [6.07, 6.45) is 1.35. The highest BCUT2D eigenvalue weighted by Gasteiger charge is 2.54. The Morgan fingerprint density at radius 1 is 0.583 bits per heavy atom. The van der Waals surface area contributed by atoms with Crippen molar-refractivity contribution in [3.63, 3.8) is 0 Å². The third kappa shape index (κ3) is 3.18. The highest BCUT2D eigenvalue weighted by Crippen LogP contribution is 2.69. The number of rotatable bonds is 4. The second-order valence-corrected chi connectivity index (χ2v) is 9.39. The molecule has 0 radical (unpaired) electrons. The maximum absolute atomic E-state index is 11.1. The van der Waals surface area contributed by atoms with Crippen LogP contribution in [-0.2, 0) is 0 Å². The Hall–Kier alpha value is -4.58. The minimum atomic E-state index is -0.334. The van der Waals surface area contributed by atoms with Crippen LogP contribution in [0.3, 0.4) is 0 Å². The molecule has 4 atom stereocenters. The predicted molar refractivity (Wildman–Crippen MR) is 134 cm³/mol. The monoisotopic (exact) mass is 480 g/mol. The van der Waals surface area contributed by atoms with Crippen molar-refractivity contribution in [1.82, 2.24) is 0 Å². The van der Waals surface area contributed by atoms with Gasteiger partial charge in [-0.25, -0.2) is 0 Å². The number of aromatic hydroxyl groups is 5. The van der Waals surface area contributed by atoms with Gasteiger partial charge in [0.05, 0.1) is 6.26 Å². The molecule has 0 aromatic heterocycles. The van der Waals surface area contributed by atoms with Crippen molar-refractivity contribution in [3.8, 4) is 34.5 Å². The van der Waals surface area contributed by atoms with E-state index in [1.807, 2.05) is 36.4 Å². The fraction of sp³-hybridized carbons (Fsp3) is 0.133. The molecule has 2 aliphatic carbocycles. The van der Waals surface area contributed by atoms with Crippen LogP contribution in [-0.4, -0.2) is 25.5 Å². The van der Waals surface area contributed by atoms with Crippen molar-refractivity contribution in [2.24, 2.45) is 0 Å². The van der Waals surface area contributed by atoms with Gasteiger partial charge in [0.25, 0.3) is 0 Å². The first-order valence-electron chi connectivity index (χ1n) is 11.7. The van der Waals surface area contributed by atoms with Gasteiger partial charge < -0.3 is 30.3 Å². The van der Waals surface area contributed by atoms with Crippen LogP contribution in [0.25, 0.3) is 0 Å². The van der Waals surface area contributed by atoms with Crippen LogP contribution < -0.4 is 4.74 Å². The van der Waals surface area contributed by atoms with Crippen LogP contribution in [0.2, 0.25) is 0 Å². The first-order chi connectivity index (χ1) is 17.4. The molecular weight excluding hydrogens is 456 g/mol. The SMILES string of the molecule is C=COc1ccc([C@@H]2c3c(O)cc(O)cc3[C@@H]3C2c2cc(O)cc(O)c2[C@H]3c2ccc(O)cc2)cc1. The third-order valence-corrected chi connectivity index (χ3v) is 7.51. The molecule has 0 bridgehead atoms. The van der Waals surface area contributed by atoms with E-state index in [0.29, 0.717) is 16.9 Å². The summed E-state index contributed by atoms with van der Waals surface area (Å²) in [5.41, 5.74) is 4.74. The van der Waals surface area contributed by atoms with Crippen LogP contribution in [0.5, 0.6) is 34.5 Å². The molecule has 180 valence electrons. The Labute approximate surface area is 207 Å². The Morgan fingerprint density at radius 2 is 1.03 bits per heavy atom. The van der Waals surface area contributed by atoms with E-state index < -0.39 is 0 Å². The number of fused-ring (bicyclic) bond motifs is 5. The molecule has 0 heterocycles. The summed E-state index contributed by atoms with van der Waals surface area (Å²) in [5.74, 6) is -0.508. The van der Waals surface area contributed by atoms with Crippen LogP contribution in [0.15, 0.2) is 85.6 Å². The molecule has 4 aromatic carbocycles. The van der Waals surface area contributed by atoms with Crippen molar-refractivity contribution in [1.29, 1.82) is 0 Å². The van der Waals surface area contributed by atoms with Crippen LogP contribution in [0.4, 0.5) is 0 Å². The summed E-state index contributed by atoms with van der Waals surface area (Å²) in [7, 11) is 0. The molecule has 0 fully saturated rings. The molecule has 1 unspecified atom stereocenters. The maximum Gasteiger partial charge on any atom is 0.126 e. The second kappa shape index (κ2) is 7.99. The zero-order valence-electron chi connectivity index (χ0n) is 19.2. The number of phenols is 5. The lowest BCUT2D eigenvalue weighted by molar-refractivity contribution is 0.443.